The average molecular weight is 316 g/mol. The van der Waals surface area contributed by atoms with Crippen molar-refractivity contribution >= 4 is 17.5 Å². The Labute approximate surface area is 133 Å². The standard InChI is InChI=1S/C17H17FN2O3/c18-12-3-5-13(6-4-12)20-10-8-15(17(20)22)16(21)19-9-7-14-2-1-11-23-14/h1-6,11,15H,7-10H2,(H,19,21)/t15-/m0/s1. The molecule has 2 amide bonds. The van der Waals surface area contributed by atoms with Gasteiger partial charge in [-0.3, -0.25) is 9.59 Å². The summed E-state index contributed by atoms with van der Waals surface area (Å²) in [5.41, 5.74) is 0.613. The molecule has 1 aliphatic heterocycles. The van der Waals surface area contributed by atoms with Crippen LogP contribution in [0.15, 0.2) is 47.1 Å². The van der Waals surface area contributed by atoms with Gasteiger partial charge in [0.1, 0.15) is 17.5 Å². The second-order valence-electron chi connectivity index (χ2n) is 5.43. The number of amides is 2. The van der Waals surface area contributed by atoms with Crippen molar-refractivity contribution in [2.75, 3.05) is 18.0 Å². The molecule has 1 N–H and O–H groups in total. The summed E-state index contributed by atoms with van der Waals surface area (Å²) in [7, 11) is 0. The summed E-state index contributed by atoms with van der Waals surface area (Å²) < 4.78 is 18.1. The van der Waals surface area contributed by atoms with Gasteiger partial charge in [-0.15, -0.1) is 0 Å². The molecule has 1 aliphatic rings. The number of nitrogens with zero attached hydrogens (tertiary/aromatic N) is 1. The minimum atomic E-state index is -0.684. The lowest BCUT2D eigenvalue weighted by Crippen LogP contribution is -2.37. The van der Waals surface area contributed by atoms with Gasteiger partial charge in [0.2, 0.25) is 11.8 Å². The Hall–Kier alpha value is -2.63. The number of benzene rings is 1. The second kappa shape index (κ2) is 6.64. The van der Waals surface area contributed by atoms with Crippen molar-refractivity contribution < 1.29 is 18.4 Å². The zero-order valence-electron chi connectivity index (χ0n) is 12.5. The van der Waals surface area contributed by atoms with Crippen LogP contribution in [0.5, 0.6) is 0 Å². The van der Waals surface area contributed by atoms with Crippen LogP contribution in [0.25, 0.3) is 0 Å². The molecule has 1 aromatic heterocycles. The number of hydrogen-bond acceptors (Lipinski definition) is 3. The number of hydrogen-bond donors (Lipinski definition) is 1. The molecule has 0 aliphatic carbocycles. The number of carbonyl (C=O) groups excluding carboxylic acids is 2. The molecule has 1 atom stereocenters. The van der Waals surface area contributed by atoms with Gasteiger partial charge in [-0.1, -0.05) is 0 Å². The monoisotopic (exact) mass is 316 g/mol. The Balaban J connectivity index is 1.55. The Bertz CT molecular complexity index is 682. The molecular weight excluding hydrogens is 299 g/mol. The molecule has 1 saturated heterocycles. The fraction of sp³-hybridized carbons (Fsp3) is 0.294. The molecular formula is C17H17FN2O3. The first kappa shape index (κ1) is 15.3. The molecule has 3 rings (SSSR count). The van der Waals surface area contributed by atoms with E-state index in [0.717, 1.165) is 5.76 Å². The van der Waals surface area contributed by atoms with Crippen molar-refractivity contribution in [1.29, 1.82) is 0 Å². The summed E-state index contributed by atoms with van der Waals surface area (Å²) in [4.78, 5) is 26.1. The molecule has 5 nitrogen and oxygen atoms in total. The Morgan fingerprint density at radius 1 is 1.30 bits per heavy atom. The average Bonchev–Trinajstić information content (AvgIpc) is 3.18. The molecule has 0 unspecified atom stereocenters. The molecule has 0 radical (unpaired) electrons. The largest absolute Gasteiger partial charge is 0.469 e. The van der Waals surface area contributed by atoms with E-state index in [1.807, 2.05) is 6.07 Å². The van der Waals surface area contributed by atoms with E-state index in [1.54, 1.807) is 24.5 Å². The lowest BCUT2D eigenvalue weighted by molar-refractivity contribution is -0.132. The minimum Gasteiger partial charge on any atom is -0.469 e. The second-order valence-corrected chi connectivity index (χ2v) is 5.43. The molecule has 0 bridgehead atoms. The lowest BCUT2D eigenvalue weighted by atomic mass is 10.1. The fourth-order valence-electron chi connectivity index (χ4n) is 2.69. The fourth-order valence-corrected chi connectivity index (χ4v) is 2.69. The van der Waals surface area contributed by atoms with E-state index in [-0.39, 0.29) is 17.6 Å². The Morgan fingerprint density at radius 3 is 2.78 bits per heavy atom. The Morgan fingerprint density at radius 2 is 2.09 bits per heavy atom. The normalized spacial score (nSPS) is 17.5. The van der Waals surface area contributed by atoms with E-state index in [0.29, 0.717) is 31.6 Å². The summed E-state index contributed by atoms with van der Waals surface area (Å²) in [6.07, 6.45) is 2.63. The van der Waals surface area contributed by atoms with Crippen LogP contribution in [-0.2, 0) is 16.0 Å². The van der Waals surface area contributed by atoms with E-state index < -0.39 is 5.92 Å². The molecule has 6 heteroatoms. The Kier molecular flexibility index (Phi) is 4.41. The van der Waals surface area contributed by atoms with Crippen molar-refractivity contribution in [1.82, 2.24) is 5.32 Å². The minimum absolute atomic E-state index is 0.243. The van der Waals surface area contributed by atoms with Gasteiger partial charge in [0, 0.05) is 25.2 Å². The van der Waals surface area contributed by atoms with Gasteiger partial charge >= 0.3 is 0 Å². The predicted octanol–water partition coefficient (Wildman–Crippen LogP) is 2.13. The highest BCUT2D eigenvalue weighted by atomic mass is 19.1. The predicted molar refractivity (Wildman–Crippen MR) is 82.3 cm³/mol. The molecule has 1 aromatic carbocycles. The van der Waals surface area contributed by atoms with Gasteiger partial charge in [0.05, 0.1) is 6.26 Å². The third-order valence-electron chi connectivity index (χ3n) is 3.91. The number of anilines is 1. The zero-order chi connectivity index (χ0) is 16.2. The van der Waals surface area contributed by atoms with Gasteiger partial charge < -0.3 is 14.6 Å². The van der Waals surface area contributed by atoms with E-state index in [4.69, 9.17) is 4.42 Å². The van der Waals surface area contributed by atoms with Gasteiger partial charge in [0.15, 0.2) is 0 Å². The number of furan rings is 1. The highest BCUT2D eigenvalue weighted by Crippen LogP contribution is 2.25. The van der Waals surface area contributed by atoms with Crippen molar-refractivity contribution in [2.24, 2.45) is 5.92 Å². The third kappa shape index (κ3) is 3.41. The van der Waals surface area contributed by atoms with E-state index >= 15 is 0 Å². The van der Waals surface area contributed by atoms with Crippen LogP contribution in [-0.4, -0.2) is 24.9 Å². The molecule has 23 heavy (non-hydrogen) atoms. The zero-order valence-corrected chi connectivity index (χ0v) is 12.5. The summed E-state index contributed by atoms with van der Waals surface area (Å²) >= 11 is 0. The highest BCUT2D eigenvalue weighted by Gasteiger charge is 2.37. The van der Waals surface area contributed by atoms with Crippen molar-refractivity contribution in [2.45, 2.75) is 12.8 Å². The summed E-state index contributed by atoms with van der Waals surface area (Å²) in [6.45, 7) is 0.882. The smallest absolute Gasteiger partial charge is 0.239 e. The first-order valence-electron chi connectivity index (χ1n) is 7.52. The molecule has 1 fully saturated rings. The van der Waals surface area contributed by atoms with Crippen LogP contribution in [0.1, 0.15) is 12.2 Å². The number of nitrogens with one attached hydrogen (secondary N) is 1. The quantitative estimate of drug-likeness (QED) is 0.860. The number of carbonyl (C=O) groups is 2. The van der Waals surface area contributed by atoms with Gasteiger partial charge in [-0.05, 0) is 42.8 Å². The van der Waals surface area contributed by atoms with Crippen molar-refractivity contribution in [3.63, 3.8) is 0 Å². The van der Waals surface area contributed by atoms with Gasteiger partial charge in [0.25, 0.3) is 0 Å². The topological polar surface area (TPSA) is 62.6 Å². The summed E-state index contributed by atoms with van der Waals surface area (Å²) in [5.74, 6) is -0.765. The van der Waals surface area contributed by atoms with Crippen LogP contribution < -0.4 is 10.2 Å². The SMILES string of the molecule is O=C(NCCc1ccco1)[C@@H]1CCN(c2ccc(F)cc2)C1=O. The highest BCUT2D eigenvalue weighted by molar-refractivity contribution is 6.09. The molecule has 0 saturated carbocycles. The molecule has 120 valence electrons. The third-order valence-corrected chi connectivity index (χ3v) is 3.91. The van der Waals surface area contributed by atoms with E-state index in [2.05, 4.69) is 5.32 Å². The van der Waals surface area contributed by atoms with E-state index in [9.17, 15) is 14.0 Å². The first-order valence-corrected chi connectivity index (χ1v) is 7.52. The van der Waals surface area contributed by atoms with Gasteiger partial charge in [-0.2, -0.15) is 0 Å². The van der Waals surface area contributed by atoms with Crippen LogP contribution in [0.3, 0.4) is 0 Å². The lowest BCUT2D eigenvalue weighted by Gasteiger charge is -2.16. The summed E-state index contributed by atoms with van der Waals surface area (Å²) in [6, 6.07) is 9.33. The molecule has 2 aromatic rings. The summed E-state index contributed by atoms with van der Waals surface area (Å²) in [5, 5.41) is 2.77. The van der Waals surface area contributed by atoms with Gasteiger partial charge in [-0.25, -0.2) is 4.39 Å². The van der Waals surface area contributed by atoms with Crippen molar-refractivity contribution in [3.8, 4) is 0 Å². The molecule has 0 spiro atoms. The first-order chi connectivity index (χ1) is 11.1. The maximum absolute atomic E-state index is 13.0. The van der Waals surface area contributed by atoms with E-state index in [1.165, 1.54) is 17.0 Å². The number of rotatable bonds is 5. The van der Waals surface area contributed by atoms with Crippen LogP contribution in [0, 0.1) is 11.7 Å². The van der Waals surface area contributed by atoms with Crippen molar-refractivity contribution in [3.05, 3.63) is 54.2 Å². The number of halogens is 1. The maximum Gasteiger partial charge on any atom is 0.239 e. The van der Waals surface area contributed by atoms with Crippen LogP contribution >= 0.6 is 0 Å². The maximum atomic E-state index is 13.0. The van der Waals surface area contributed by atoms with Crippen LogP contribution in [0.4, 0.5) is 10.1 Å². The molecule has 2 heterocycles. The van der Waals surface area contributed by atoms with Crippen LogP contribution in [0.2, 0.25) is 0 Å².